The minimum absolute atomic E-state index is 0.517. The Labute approximate surface area is 155 Å². The van der Waals surface area contributed by atoms with Crippen LogP contribution >= 0.6 is 0 Å². The normalized spacial score (nSPS) is 14.9. The summed E-state index contributed by atoms with van der Waals surface area (Å²) < 4.78 is 1.89. The fourth-order valence-electron chi connectivity index (χ4n) is 3.56. The van der Waals surface area contributed by atoms with Crippen LogP contribution in [0.1, 0.15) is 74.0 Å². The summed E-state index contributed by atoms with van der Waals surface area (Å²) in [5.41, 5.74) is 3.97. The Kier molecular flexibility index (Phi) is 6.21. The summed E-state index contributed by atoms with van der Waals surface area (Å²) in [6.07, 6.45) is 16.6. The second-order valence-electron chi connectivity index (χ2n) is 7.42. The highest BCUT2D eigenvalue weighted by Gasteiger charge is 2.17. The largest absolute Gasteiger partial charge is 0.285 e. The molecule has 0 spiro atoms. The predicted molar refractivity (Wildman–Crippen MR) is 104 cm³/mol. The number of nitrogens with one attached hydrogen (secondary N) is 1. The van der Waals surface area contributed by atoms with Crippen molar-refractivity contribution in [3.05, 3.63) is 66.0 Å². The second-order valence-corrected chi connectivity index (χ2v) is 7.42. The fourth-order valence-corrected chi connectivity index (χ4v) is 3.56. The van der Waals surface area contributed by atoms with Gasteiger partial charge >= 0.3 is 0 Å². The van der Waals surface area contributed by atoms with Crippen molar-refractivity contribution in [2.45, 2.75) is 57.3 Å². The molecular formula is C21H29N5. The fraction of sp³-hybridized carbons (Fsp3) is 0.476. The zero-order valence-corrected chi connectivity index (χ0v) is 16.0. The SMILES string of the molecule is CC(CCC(CCC(C)c1cnn(C)c1)c1cccnc1)c1cn[nH]c1. The molecule has 3 aromatic rings. The summed E-state index contributed by atoms with van der Waals surface area (Å²) >= 11 is 0. The lowest BCUT2D eigenvalue weighted by atomic mass is 9.84. The van der Waals surface area contributed by atoms with Crippen LogP contribution < -0.4 is 0 Å². The molecule has 0 aromatic carbocycles. The van der Waals surface area contributed by atoms with Crippen LogP contribution in [0, 0.1) is 0 Å². The number of H-pyrrole nitrogens is 1. The lowest BCUT2D eigenvalue weighted by molar-refractivity contribution is 0.484. The standard InChI is InChI=1S/C21H29N5/c1-16(20-12-23-24-13-20)6-8-18(19-5-4-10-22-11-19)9-7-17(2)21-14-25-26(3)15-21/h4-5,10-18H,6-9H2,1-3H3,(H,23,24). The minimum atomic E-state index is 0.517. The van der Waals surface area contributed by atoms with Crippen LogP contribution in [0.15, 0.2) is 49.3 Å². The number of aromatic nitrogens is 5. The first-order valence-corrected chi connectivity index (χ1v) is 9.50. The molecule has 3 rings (SSSR count). The van der Waals surface area contributed by atoms with Gasteiger partial charge in [0.1, 0.15) is 0 Å². The number of nitrogens with zero attached hydrogens (tertiary/aromatic N) is 4. The molecule has 0 aliphatic carbocycles. The van der Waals surface area contributed by atoms with Gasteiger partial charge in [-0.3, -0.25) is 14.8 Å². The summed E-state index contributed by atoms with van der Waals surface area (Å²) in [7, 11) is 1.98. The lowest BCUT2D eigenvalue weighted by Gasteiger charge is -2.21. The highest BCUT2D eigenvalue weighted by atomic mass is 15.2. The van der Waals surface area contributed by atoms with Gasteiger partial charge in [-0.25, -0.2) is 0 Å². The molecule has 0 fully saturated rings. The number of aromatic amines is 1. The van der Waals surface area contributed by atoms with Crippen molar-refractivity contribution in [2.24, 2.45) is 7.05 Å². The van der Waals surface area contributed by atoms with Crippen molar-refractivity contribution in [2.75, 3.05) is 0 Å². The second kappa shape index (κ2) is 8.79. The molecule has 0 amide bonds. The van der Waals surface area contributed by atoms with E-state index in [1.165, 1.54) is 23.1 Å². The molecule has 26 heavy (non-hydrogen) atoms. The molecule has 5 nitrogen and oxygen atoms in total. The molecule has 0 saturated heterocycles. The van der Waals surface area contributed by atoms with Crippen LogP contribution in [-0.2, 0) is 7.05 Å². The third-order valence-corrected chi connectivity index (χ3v) is 5.43. The molecule has 0 aliphatic rings. The van der Waals surface area contributed by atoms with E-state index in [4.69, 9.17) is 0 Å². The first-order chi connectivity index (χ1) is 12.6. The predicted octanol–water partition coefficient (Wildman–Crippen LogP) is 4.79. The Bertz CT molecular complexity index is 763. The van der Waals surface area contributed by atoms with E-state index in [1.807, 2.05) is 48.8 Å². The van der Waals surface area contributed by atoms with E-state index in [2.05, 4.69) is 46.4 Å². The maximum Gasteiger partial charge on any atom is 0.0524 e. The lowest BCUT2D eigenvalue weighted by Crippen LogP contribution is -2.05. The molecule has 0 radical (unpaired) electrons. The first kappa shape index (κ1) is 18.4. The molecule has 138 valence electrons. The van der Waals surface area contributed by atoms with Gasteiger partial charge < -0.3 is 0 Å². The quantitative estimate of drug-likeness (QED) is 0.603. The maximum atomic E-state index is 4.34. The van der Waals surface area contributed by atoms with Crippen LogP contribution in [0.25, 0.3) is 0 Å². The Balaban J connectivity index is 1.62. The Hall–Kier alpha value is -2.43. The first-order valence-electron chi connectivity index (χ1n) is 9.50. The summed E-state index contributed by atoms with van der Waals surface area (Å²) in [5, 5.41) is 11.3. The number of hydrogen-bond acceptors (Lipinski definition) is 3. The number of pyridine rings is 1. The maximum absolute atomic E-state index is 4.34. The Morgan fingerprint density at radius 1 is 0.962 bits per heavy atom. The van der Waals surface area contributed by atoms with E-state index in [0.717, 1.165) is 19.3 Å². The molecule has 1 N–H and O–H groups in total. The molecule has 3 aromatic heterocycles. The van der Waals surface area contributed by atoms with E-state index < -0.39 is 0 Å². The van der Waals surface area contributed by atoms with Gasteiger partial charge in [0.2, 0.25) is 0 Å². The van der Waals surface area contributed by atoms with Gasteiger partial charge in [-0.1, -0.05) is 19.9 Å². The smallest absolute Gasteiger partial charge is 0.0524 e. The van der Waals surface area contributed by atoms with E-state index in [1.54, 1.807) is 0 Å². The molecular weight excluding hydrogens is 322 g/mol. The zero-order chi connectivity index (χ0) is 18.4. The Morgan fingerprint density at radius 3 is 2.31 bits per heavy atom. The van der Waals surface area contributed by atoms with E-state index in [0.29, 0.717) is 17.8 Å². The van der Waals surface area contributed by atoms with E-state index in [9.17, 15) is 0 Å². The topological polar surface area (TPSA) is 59.4 Å². The molecule has 0 bridgehead atoms. The van der Waals surface area contributed by atoms with Crippen LogP contribution in [0.3, 0.4) is 0 Å². The van der Waals surface area contributed by atoms with Gasteiger partial charge in [0.15, 0.2) is 0 Å². The Morgan fingerprint density at radius 2 is 1.73 bits per heavy atom. The molecule has 3 heterocycles. The van der Waals surface area contributed by atoms with Crippen molar-refractivity contribution in [3.8, 4) is 0 Å². The third-order valence-electron chi connectivity index (χ3n) is 5.43. The van der Waals surface area contributed by atoms with Crippen LogP contribution in [-0.4, -0.2) is 25.0 Å². The van der Waals surface area contributed by atoms with Crippen LogP contribution in [0.5, 0.6) is 0 Å². The highest BCUT2D eigenvalue weighted by molar-refractivity contribution is 5.16. The average Bonchev–Trinajstić information content (AvgIpc) is 3.34. The van der Waals surface area contributed by atoms with E-state index >= 15 is 0 Å². The summed E-state index contributed by atoms with van der Waals surface area (Å²) in [5.74, 6) is 1.58. The van der Waals surface area contributed by atoms with Gasteiger partial charge in [0.05, 0.1) is 12.4 Å². The van der Waals surface area contributed by atoms with Crippen molar-refractivity contribution in [1.29, 1.82) is 0 Å². The highest BCUT2D eigenvalue weighted by Crippen LogP contribution is 2.33. The molecule has 3 unspecified atom stereocenters. The van der Waals surface area contributed by atoms with Gasteiger partial charge in [-0.05, 0) is 66.2 Å². The third kappa shape index (κ3) is 4.81. The van der Waals surface area contributed by atoms with Crippen molar-refractivity contribution in [1.82, 2.24) is 25.0 Å². The van der Waals surface area contributed by atoms with Crippen LogP contribution in [0.4, 0.5) is 0 Å². The monoisotopic (exact) mass is 351 g/mol. The molecule has 0 aliphatic heterocycles. The summed E-state index contributed by atoms with van der Waals surface area (Å²) in [6, 6.07) is 4.27. The van der Waals surface area contributed by atoms with Gasteiger partial charge in [-0.15, -0.1) is 0 Å². The van der Waals surface area contributed by atoms with Crippen molar-refractivity contribution >= 4 is 0 Å². The number of aryl methyl sites for hydroxylation is 1. The van der Waals surface area contributed by atoms with Gasteiger partial charge in [0, 0.05) is 31.8 Å². The van der Waals surface area contributed by atoms with Crippen molar-refractivity contribution < 1.29 is 0 Å². The zero-order valence-electron chi connectivity index (χ0n) is 16.0. The molecule has 5 heteroatoms. The number of hydrogen-bond donors (Lipinski definition) is 1. The number of rotatable bonds is 9. The van der Waals surface area contributed by atoms with Gasteiger partial charge in [0.25, 0.3) is 0 Å². The molecule has 3 atom stereocenters. The van der Waals surface area contributed by atoms with Crippen molar-refractivity contribution in [3.63, 3.8) is 0 Å². The summed E-state index contributed by atoms with van der Waals surface area (Å²) in [6.45, 7) is 4.58. The molecule has 0 saturated carbocycles. The average molecular weight is 351 g/mol. The van der Waals surface area contributed by atoms with Crippen LogP contribution in [0.2, 0.25) is 0 Å². The van der Waals surface area contributed by atoms with E-state index in [-0.39, 0.29) is 0 Å². The van der Waals surface area contributed by atoms with Gasteiger partial charge in [-0.2, -0.15) is 10.2 Å². The minimum Gasteiger partial charge on any atom is -0.285 e. The summed E-state index contributed by atoms with van der Waals surface area (Å²) in [4.78, 5) is 4.34.